The maximum absolute atomic E-state index is 12.9. The lowest BCUT2D eigenvalue weighted by atomic mass is 10.0. The number of likely N-dealkylation sites (tertiary alicyclic amines) is 1. The van der Waals surface area contributed by atoms with Crippen LogP contribution in [0.25, 0.3) is 22.2 Å². The van der Waals surface area contributed by atoms with Gasteiger partial charge in [0.25, 0.3) is 5.69 Å². The molecule has 1 saturated heterocycles. The first-order valence-electron chi connectivity index (χ1n) is 9.06. The average Bonchev–Trinajstić information content (AvgIpc) is 3.04. The van der Waals surface area contributed by atoms with E-state index in [4.69, 9.17) is 0 Å². The van der Waals surface area contributed by atoms with Crippen molar-refractivity contribution in [2.45, 2.75) is 18.4 Å². The van der Waals surface area contributed by atoms with E-state index in [1.54, 1.807) is 0 Å². The number of alkyl halides is 6. The van der Waals surface area contributed by atoms with Crippen molar-refractivity contribution in [3.8, 4) is 11.3 Å². The lowest BCUT2D eigenvalue weighted by Gasteiger charge is -2.39. The summed E-state index contributed by atoms with van der Waals surface area (Å²) < 4.78 is 77.7. The smallest absolute Gasteiger partial charge is 0.330 e. The van der Waals surface area contributed by atoms with E-state index in [0.717, 1.165) is 24.3 Å². The molecule has 0 unspecified atom stereocenters. The molecular weight excluding hydrogens is 446 g/mol. The number of carbonyl (C=O) groups excluding carboxylic acids is 1. The number of nitrogens with zero attached hydrogens (tertiary/aromatic N) is 4. The van der Waals surface area contributed by atoms with Gasteiger partial charge in [-0.05, 0) is 18.2 Å². The minimum absolute atomic E-state index is 0.137. The van der Waals surface area contributed by atoms with E-state index in [0.29, 0.717) is 10.4 Å². The summed E-state index contributed by atoms with van der Waals surface area (Å²) in [4.78, 5) is 22.5. The number of aromatic nitrogens is 2. The SMILES string of the molecule is O=C(N1CC(n2nc(-c3ccc(C(F)(F)F)cc3)c3cc([N+](=O)[O-])ccc32)C1)C(F)(F)F. The molecule has 1 fully saturated rings. The summed E-state index contributed by atoms with van der Waals surface area (Å²) in [5, 5.41) is 15.7. The maximum Gasteiger partial charge on any atom is 0.471 e. The summed E-state index contributed by atoms with van der Waals surface area (Å²) in [5.74, 6) is -1.98. The highest BCUT2D eigenvalue weighted by molar-refractivity contribution is 5.95. The lowest BCUT2D eigenvalue weighted by Crippen LogP contribution is -2.55. The van der Waals surface area contributed by atoms with Gasteiger partial charge in [-0.1, -0.05) is 12.1 Å². The van der Waals surface area contributed by atoms with Crippen LogP contribution >= 0.6 is 0 Å². The van der Waals surface area contributed by atoms with Crippen molar-refractivity contribution >= 4 is 22.5 Å². The fourth-order valence-electron chi connectivity index (χ4n) is 3.51. The molecule has 32 heavy (non-hydrogen) atoms. The molecule has 0 atom stereocenters. The number of fused-ring (bicyclic) bond motifs is 1. The molecule has 168 valence electrons. The molecule has 0 spiro atoms. The number of non-ortho nitro benzene ring substituents is 1. The van der Waals surface area contributed by atoms with Crippen molar-refractivity contribution in [1.29, 1.82) is 0 Å². The molecule has 7 nitrogen and oxygen atoms in total. The highest BCUT2D eigenvalue weighted by Crippen LogP contribution is 2.37. The number of hydrogen-bond acceptors (Lipinski definition) is 4. The van der Waals surface area contributed by atoms with Gasteiger partial charge < -0.3 is 4.90 Å². The van der Waals surface area contributed by atoms with E-state index >= 15 is 0 Å². The number of halogens is 6. The van der Waals surface area contributed by atoms with Crippen LogP contribution in [0.1, 0.15) is 11.6 Å². The van der Waals surface area contributed by atoms with Crippen LogP contribution in [0.4, 0.5) is 32.0 Å². The molecule has 0 N–H and O–H groups in total. The van der Waals surface area contributed by atoms with E-state index in [9.17, 15) is 41.3 Å². The van der Waals surface area contributed by atoms with Crippen LogP contribution in [0.15, 0.2) is 42.5 Å². The topological polar surface area (TPSA) is 81.3 Å². The van der Waals surface area contributed by atoms with Gasteiger partial charge >= 0.3 is 18.3 Å². The number of rotatable bonds is 3. The Kier molecular flexibility index (Phi) is 4.86. The molecule has 1 aromatic heterocycles. The van der Waals surface area contributed by atoms with Gasteiger partial charge in [-0.25, -0.2) is 0 Å². The normalized spacial score (nSPS) is 15.1. The Morgan fingerprint density at radius 3 is 2.19 bits per heavy atom. The van der Waals surface area contributed by atoms with Gasteiger partial charge in [-0.2, -0.15) is 31.4 Å². The molecule has 1 amide bonds. The van der Waals surface area contributed by atoms with Crippen molar-refractivity contribution in [2.24, 2.45) is 0 Å². The molecule has 0 bridgehead atoms. The van der Waals surface area contributed by atoms with Crippen LogP contribution in [-0.2, 0) is 11.0 Å². The van der Waals surface area contributed by atoms with Gasteiger partial charge in [0.1, 0.15) is 5.69 Å². The summed E-state index contributed by atoms with van der Waals surface area (Å²) >= 11 is 0. The van der Waals surface area contributed by atoms with Crippen LogP contribution in [0.5, 0.6) is 0 Å². The summed E-state index contributed by atoms with van der Waals surface area (Å²) in [5.41, 5.74) is -0.457. The average molecular weight is 458 g/mol. The van der Waals surface area contributed by atoms with Crippen molar-refractivity contribution in [3.63, 3.8) is 0 Å². The molecule has 1 aliphatic rings. The number of hydrogen-bond donors (Lipinski definition) is 0. The first-order valence-corrected chi connectivity index (χ1v) is 9.06. The second-order valence-electron chi connectivity index (χ2n) is 7.19. The summed E-state index contributed by atoms with van der Waals surface area (Å²) in [6.07, 6.45) is -9.57. The predicted octanol–water partition coefficient (Wildman–Crippen LogP) is 4.58. The van der Waals surface area contributed by atoms with E-state index in [1.165, 1.54) is 22.9 Å². The van der Waals surface area contributed by atoms with Crippen LogP contribution in [0, 0.1) is 10.1 Å². The predicted molar refractivity (Wildman–Crippen MR) is 98.5 cm³/mol. The van der Waals surface area contributed by atoms with Gasteiger partial charge in [0.05, 0.1) is 22.0 Å². The second-order valence-corrected chi connectivity index (χ2v) is 7.19. The molecule has 1 aliphatic heterocycles. The maximum atomic E-state index is 12.9. The summed E-state index contributed by atoms with van der Waals surface area (Å²) in [6.45, 7) is -0.558. The Balaban J connectivity index is 1.74. The van der Waals surface area contributed by atoms with Crippen molar-refractivity contribution in [2.75, 3.05) is 13.1 Å². The molecular formula is C19H12F6N4O3. The first kappa shape index (κ1) is 21.6. The van der Waals surface area contributed by atoms with E-state index in [-0.39, 0.29) is 35.4 Å². The minimum Gasteiger partial charge on any atom is -0.330 e. The van der Waals surface area contributed by atoms with Crippen LogP contribution in [0.3, 0.4) is 0 Å². The zero-order valence-corrected chi connectivity index (χ0v) is 15.8. The van der Waals surface area contributed by atoms with Gasteiger partial charge in [0.15, 0.2) is 0 Å². The molecule has 0 radical (unpaired) electrons. The third-order valence-electron chi connectivity index (χ3n) is 5.12. The highest BCUT2D eigenvalue weighted by atomic mass is 19.4. The number of nitro benzene ring substituents is 1. The molecule has 0 saturated carbocycles. The summed E-state index contributed by atoms with van der Waals surface area (Å²) in [7, 11) is 0. The molecule has 3 aromatic rings. The molecule has 13 heteroatoms. The van der Waals surface area contributed by atoms with E-state index in [2.05, 4.69) is 5.10 Å². The number of nitro groups is 1. The Hall–Kier alpha value is -3.64. The van der Waals surface area contributed by atoms with Gasteiger partial charge in [-0.3, -0.25) is 19.6 Å². The van der Waals surface area contributed by atoms with Crippen molar-refractivity contribution in [1.82, 2.24) is 14.7 Å². The van der Waals surface area contributed by atoms with Crippen LogP contribution in [-0.4, -0.2) is 44.8 Å². The zero-order valence-electron chi connectivity index (χ0n) is 15.8. The van der Waals surface area contributed by atoms with Crippen molar-refractivity contribution < 1.29 is 36.1 Å². The standard InChI is InChI=1S/C19H12F6N4O3/c20-18(21,22)11-3-1-10(2-4-11)16-14-7-12(29(31)32)5-6-15(14)28(26-16)13-8-27(9-13)17(30)19(23,24)25/h1-7,13H,8-9H2. The van der Waals surface area contributed by atoms with E-state index < -0.39 is 34.8 Å². The Bertz CT molecular complexity index is 1210. The van der Waals surface area contributed by atoms with Crippen molar-refractivity contribution in [3.05, 3.63) is 58.1 Å². The monoisotopic (exact) mass is 458 g/mol. The Labute approximate surface area is 175 Å². The molecule has 2 aromatic carbocycles. The zero-order chi connectivity index (χ0) is 23.4. The van der Waals surface area contributed by atoms with E-state index in [1.807, 2.05) is 0 Å². The number of benzene rings is 2. The fourth-order valence-corrected chi connectivity index (χ4v) is 3.51. The van der Waals surface area contributed by atoms with Gasteiger partial charge in [0, 0.05) is 36.2 Å². The molecule has 0 aliphatic carbocycles. The summed E-state index contributed by atoms with van der Waals surface area (Å²) in [6, 6.07) is 7.12. The van der Waals surface area contributed by atoms with Gasteiger partial charge in [-0.15, -0.1) is 0 Å². The first-order chi connectivity index (χ1) is 14.9. The Morgan fingerprint density at radius 1 is 1.03 bits per heavy atom. The van der Waals surface area contributed by atoms with Crippen LogP contribution < -0.4 is 0 Å². The minimum atomic E-state index is -5.01. The largest absolute Gasteiger partial charge is 0.471 e. The third-order valence-corrected chi connectivity index (χ3v) is 5.12. The highest BCUT2D eigenvalue weighted by Gasteiger charge is 2.47. The Morgan fingerprint density at radius 2 is 1.66 bits per heavy atom. The van der Waals surface area contributed by atoms with Gasteiger partial charge in [0.2, 0.25) is 0 Å². The fraction of sp³-hybridized carbons (Fsp3) is 0.263. The number of carbonyl (C=O) groups is 1. The third kappa shape index (κ3) is 3.74. The lowest BCUT2D eigenvalue weighted by molar-refractivity contribution is -0.384. The van der Waals surface area contributed by atoms with Crippen LogP contribution in [0.2, 0.25) is 0 Å². The molecule has 4 rings (SSSR count). The molecule has 2 heterocycles. The number of amides is 1. The second kappa shape index (κ2) is 7.21. The quantitative estimate of drug-likeness (QED) is 0.327.